The number of carbonyl (C=O) groups excluding carboxylic acids is 1. The average molecular weight is 482 g/mol. The molecule has 6 aromatic rings. The molecule has 0 aliphatic heterocycles. The van der Waals surface area contributed by atoms with Gasteiger partial charge in [-0.3, -0.25) is 0 Å². The molecule has 0 saturated heterocycles. The first kappa shape index (κ1) is 21.8. The SMILES string of the molecule is O=C(Nc1cccc(C(F)(F)F)c1)Nc1ccc2nc3c4ccccc4c4ccccc4c3nc2c1. The van der Waals surface area contributed by atoms with Crippen LogP contribution in [0.2, 0.25) is 0 Å². The van der Waals surface area contributed by atoms with Crippen LogP contribution in [0.4, 0.5) is 29.3 Å². The lowest BCUT2D eigenvalue weighted by atomic mass is 9.99. The van der Waals surface area contributed by atoms with E-state index in [9.17, 15) is 18.0 Å². The number of nitrogens with zero attached hydrogens (tertiary/aromatic N) is 2. The van der Waals surface area contributed by atoms with Gasteiger partial charge >= 0.3 is 12.2 Å². The molecule has 0 fully saturated rings. The Morgan fingerprint density at radius 2 is 1.17 bits per heavy atom. The van der Waals surface area contributed by atoms with Crippen LogP contribution in [0.25, 0.3) is 43.6 Å². The molecule has 5 aromatic carbocycles. The summed E-state index contributed by atoms with van der Waals surface area (Å²) in [6, 6.07) is 25.0. The number of carbonyl (C=O) groups is 1. The Kier molecular flexibility index (Phi) is 4.96. The van der Waals surface area contributed by atoms with Crippen molar-refractivity contribution in [1.29, 1.82) is 0 Å². The molecule has 36 heavy (non-hydrogen) atoms. The molecule has 6 rings (SSSR count). The lowest BCUT2D eigenvalue weighted by Crippen LogP contribution is -2.19. The lowest BCUT2D eigenvalue weighted by molar-refractivity contribution is -0.137. The van der Waals surface area contributed by atoms with Crippen LogP contribution in [0.3, 0.4) is 0 Å². The van der Waals surface area contributed by atoms with Crippen LogP contribution >= 0.6 is 0 Å². The minimum Gasteiger partial charge on any atom is -0.308 e. The molecule has 1 heterocycles. The van der Waals surface area contributed by atoms with E-state index < -0.39 is 17.8 Å². The third-order valence-corrected chi connectivity index (χ3v) is 6.02. The van der Waals surface area contributed by atoms with Crippen molar-refractivity contribution >= 4 is 61.0 Å². The molecule has 2 amide bonds. The quantitative estimate of drug-likeness (QED) is 0.196. The van der Waals surface area contributed by atoms with E-state index in [0.717, 1.165) is 44.7 Å². The monoisotopic (exact) mass is 482 g/mol. The summed E-state index contributed by atoms with van der Waals surface area (Å²) < 4.78 is 38.9. The lowest BCUT2D eigenvalue weighted by Gasteiger charge is -2.12. The molecule has 2 N–H and O–H groups in total. The van der Waals surface area contributed by atoms with E-state index in [1.54, 1.807) is 18.2 Å². The van der Waals surface area contributed by atoms with E-state index in [1.165, 1.54) is 12.1 Å². The summed E-state index contributed by atoms with van der Waals surface area (Å²) in [7, 11) is 0. The second kappa shape index (κ2) is 8.20. The summed E-state index contributed by atoms with van der Waals surface area (Å²) in [5, 5.41) is 9.24. The van der Waals surface area contributed by atoms with Crippen molar-refractivity contribution in [3.8, 4) is 0 Å². The van der Waals surface area contributed by atoms with Crippen LogP contribution in [-0.4, -0.2) is 16.0 Å². The first-order chi connectivity index (χ1) is 17.4. The molecule has 0 unspecified atom stereocenters. The third kappa shape index (κ3) is 3.82. The number of urea groups is 1. The van der Waals surface area contributed by atoms with Gasteiger partial charge in [-0.05, 0) is 47.2 Å². The van der Waals surface area contributed by atoms with Crippen molar-refractivity contribution < 1.29 is 18.0 Å². The van der Waals surface area contributed by atoms with Gasteiger partial charge in [0.15, 0.2) is 0 Å². The van der Waals surface area contributed by atoms with Gasteiger partial charge in [0, 0.05) is 22.1 Å². The molecule has 8 heteroatoms. The van der Waals surface area contributed by atoms with Crippen LogP contribution in [0, 0.1) is 0 Å². The van der Waals surface area contributed by atoms with Gasteiger partial charge in [-0.15, -0.1) is 0 Å². The third-order valence-electron chi connectivity index (χ3n) is 6.02. The number of benzene rings is 5. The number of rotatable bonds is 2. The Labute approximate surface area is 202 Å². The first-order valence-corrected chi connectivity index (χ1v) is 11.1. The molecule has 5 nitrogen and oxygen atoms in total. The van der Waals surface area contributed by atoms with E-state index in [-0.39, 0.29) is 5.69 Å². The molecule has 0 bridgehead atoms. The number of hydrogen-bond acceptors (Lipinski definition) is 3. The van der Waals surface area contributed by atoms with Crippen LogP contribution < -0.4 is 10.6 Å². The van der Waals surface area contributed by atoms with Crippen molar-refractivity contribution in [3.05, 3.63) is 96.6 Å². The fraction of sp³-hybridized carbons (Fsp3) is 0.0357. The highest BCUT2D eigenvalue weighted by Crippen LogP contribution is 2.34. The van der Waals surface area contributed by atoms with Crippen molar-refractivity contribution in [1.82, 2.24) is 9.97 Å². The zero-order valence-electron chi connectivity index (χ0n) is 18.6. The average Bonchev–Trinajstić information content (AvgIpc) is 2.87. The molecule has 176 valence electrons. The van der Waals surface area contributed by atoms with Gasteiger partial charge in [-0.1, -0.05) is 54.6 Å². The van der Waals surface area contributed by atoms with Crippen LogP contribution in [0.15, 0.2) is 91.0 Å². The Morgan fingerprint density at radius 3 is 1.78 bits per heavy atom. The number of aromatic nitrogens is 2. The molecule has 0 aliphatic rings. The Morgan fingerprint density at radius 1 is 0.611 bits per heavy atom. The van der Waals surface area contributed by atoms with Gasteiger partial charge < -0.3 is 10.6 Å². The largest absolute Gasteiger partial charge is 0.416 e. The molecular formula is C28H17F3N4O. The Bertz CT molecular complexity index is 1810. The predicted molar refractivity (Wildman–Crippen MR) is 136 cm³/mol. The minimum atomic E-state index is -4.50. The second-order valence-corrected chi connectivity index (χ2v) is 8.37. The van der Waals surface area contributed by atoms with Crippen LogP contribution in [0.5, 0.6) is 0 Å². The number of alkyl halides is 3. The highest BCUT2D eigenvalue weighted by molar-refractivity contribution is 6.23. The maximum absolute atomic E-state index is 13.0. The highest BCUT2D eigenvalue weighted by atomic mass is 19.4. The van der Waals surface area contributed by atoms with Crippen molar-refractivity contribution in [2.45, 2.75) is 6.18 Å². The van der Waals surface area contributed by atoms with Gasteiger partial charge in [0.05, 0.1) is 27.6 Å². The molecule has 1 aromatic heterocycles. The number of fused-ring (bicyclic) bond motifs is 7. The Balaban J connectivity index is 1.38. The summed E-state index contributed by atoms with van der Waals surface area (Å²) >= 11 is 0. The van der Waals surface area contributed by atoms with Crippen LogP contribution in [-0.2, 0) is 6.18 Å². The first-order valence-electron chi connectivity index (χ1n) is 11.1. The molecule has 0 atom stereocenters. The number of amides is 2. The van der Waals surface area contributed by atoms with Gasteiger partial charge in [-0.2, -0.15) is 13.2 Å². The van der Waals surface area contributed by atoms with Gasteiger partial charge in [0.1, 0.15) is 0 Å². The molecule has 0 aliphatic carbocycles. The van der Waals surface area contributed by atoms with Gasteiger partial charge in [0.2, 0.25) is 0 Å². The van der Waals surface area contributed by atoms with E-state index >= 15 is 0 Å². The normalized spacial score (nSPS) is 11.9. The molecule has 0 radical (unpaired) electrons. The smallest absolute Gasteiger partial charge is 0.308 e. The summed E-state index contributed by atoms with van der Waals surface area (Å²) in [6.07, 6.45) is -4.50. The maximum atomic E-state index is 13.0. The Hall–Kier alpha value is -4.72. The number of halogens is 3. The fourth-order valence-electron chi connectivity index (χ4n) is 4.42. The molecule has 0 saturated carbocycles. The fourth-order valence-corrected chi connectivity index (χ4v) is 4.42. The summed E-state index contributed by atoms with van der Waals surface area (Å²) in [5.74, 6) is 0. The van der Waals surface area contributed by atoms with Crippen molar-refractivity contribution in [2.75, 3.05) is 10.6 Å². The highest BCUT2D eigenvalue weighted by Gasteiger charge is 2.30. The molecular weight excluding hydrogens is 465 g/mol. The summed E-state index contributed by atoms with van der Waals surface area (Å²) in [4.78, 5) is 22.2. The zero-order chi connectivity index (χ0) is 24.9. The number of anilines is 2. The van der Waals surface area contributed by atoms with Crippen molar-refractivity contribution in [3.63, 3.8) is 0 Å². The topological polar surface area (TPSA) is 66.9 Å². The number of nitrogens with one attached hydrogen (secondary N) is 2. The summed E-state index contributed by atoms with van der Waals surface area (Å²) in [5.41, 5.74) is 2.42. The van der Waals surface area contributed by atoms with Crippen LogP contribution in [0.1, 0.15) is 5.56 Å². The summed E-state index contributed by atoms with van der Waals surface area (Å²) in [6.45, 7) is 0. The van der Waals surface area contributed by atoms with E-state index in [4.69, 9.17) is 9.97 Å². The maximum Gasteiger partial charge on any atom is 0.416 e. The van der Waals surface area contributed by atoms with E-state index in [2.05, 4.69) is 22.8 Å². The standard InChI is InChI=1S/C28H17F3N4O/c29-28(30,31)16-6-5-7-17(14-16)32-27(36)33-18-12-13-23-24(15-18)35-26-22-11-4-2-9-20(22)19-8-1-3-10-21(19)25(26)34-23/h1-15H,(H2,32,33,36). The number of hydrogen-bond donors (Lipinski definition) is 2. The van der Waals surface area contributed by atoms with E-state index in [0.29, 0.717) is 16.7 Å². The minimum absolute atomic E-state index is 0.0345. The van der Waals surface area contributed by atoms with Crippen molar-refractivity contribution in [2.24, 2.45) is 0 Å². The second-order valence-electron chi connectivity index (χ2n) is 8.37. The van der Waals surface area contributed by atoms with Gasteiger partial charge in [0.25, 0.3) is 0 Å². The van der Waals surface area contributed by atoms with Gasteiger partial charge in [-0.25, -0.2) is 14.8 Å². The predicted octanol–water partition coefficient (Wildman–Crippen LogP) is 7.75. The molecule has 0 spiro atoms. The van der Waals surface area contributed by atoms with E-state index in [1.807, 2.05) is 36.4 Å². The zero-order valence-corrected chi connectivity index (χ0v) is 18.6.